The molecule has 1 aliphatic rings. The lowest BCUT2D eigenvalue weighted by molar-refractivity contribution is 0.414. The molecule has 2 heterocycles. The van der Waals surface area contributed by atoms with Crippen molar-refractivity contribution in [3.05, 3.63) is 41.8 Å². The quantitative estimate of drug-likeness (QED) is 0.938. The molecule has 6 heteroatoms. The van der Waals surface area contributed by atoms with Gasteiger partial charge in [-0.1, -0.05) is 17.7 Å². The van der Waals surface area contributed by atoms with Crippen LogP contribution in [0.3, 0.4) is 0 Å². The highest BCUT2D eigenvalue weighted by molar-refractivity contribution is 6.32. The van der Waals surface area contributed by atoms with Crippen LogP contribution in [0.4, 0.5) is 11.5 Å². The van der Waals surface area contributed by atoms with Crippen molar-refractivity contribution in [3.8, 4) is 5.75 Å². The maximum absolute atomic E-state index is 6.12. The fourth-order valence-corrected chi connectivity index (χ4v) is 2.91. The van der Waals surface area contributed by atoms with E-state index < -0.39 is 0 Å². The third-order valence-corrected chi connectivity index (χ3v) is 4.12. The Bertz CT molecular complexity index is 637. The first-order chi connectivity index (χ1) is 10.8. The summed E-state index contributed by atoms with van der Waals surface area (Å²) in [7, 11) is 1.69. The number of ether oxygens (including phenoxy) is 1. The minimum atomic E-state index is 0.312. The highest BCUT2D eigenvalue weighted by atomic mass is 35.5. The second-order valence-corrected chi connectivity index (χ2v) is 5.76. The largest absolute Gasteiger partial charge is 0.497 e. The second kappa shape index (κ2) is 6.83. The van der Waals surface area contributed by atoms with Crippen LogP contribution in [-0.2, 0) is 0 Å². The number of hydrogen-bond acceptors (Lipinski definition) is 5. The number of halogens is 1. The zero-order valence-electron chi connectivity index (χ0n) is 12.5. The van der Waals surface area contributed by atoms with E-state index in [1.54, 1.807) is 13.3 Å². The number of anilines is 2. The molecule has 0 spiro atoms. The molecule has 1 saturated heterocycles. The molecule has 3 rings (SSSR count). The first kappa shape index (κ1) is 14.9. The third kappa shape index (κ3) is 3.42. The summed E-state index contributed by atoms with van der Waals surface area (Å²) in [6.07, 6.45) is 5.34. The van der Waals surface area contributed by atoms with Crippen LogP contribution in [0.15, 0.2) is 36.8 Å². The molecule has 0 amide bonds. The molecule has 0 radical (unpaired) electrons. The van der Waals surface area contributed by atoms with E-state index in [4.69, 9.17) is 16.3 Å². The normalized spacial score (nSPS) is 18.1. The van der Waals surface area contributed by atoms with Gasteiger partial charge >= 0.3 is 0 Å². The lowest BCUT2D eigenvalue weighted by Crippen LogP contribution is -2.42. The number of nitrogens with one attached hydrogen (secondary N) is 1. The van der Waals surface area contributed by atoms with Crippen LogP contribution in [-0.4, -0.2) is 36.2 Å². The zero-order valence-corrected chi connectivity index (χ0v) is 13.3. The van der Waals surface area contributed by atoms with Crippen molar-refractivity contribution in [3.63, 3.8) is 0 Å². The number of nitrogens with zero attached hydrogens (tertiary/aromatic N) is 3. The van der Waals surface area contributed by atoms with Crippen molar-refractivity contribution in [2.24, 2.45) is 0 Å². The maximum atomic E-state index is 6.12. The molecular formula is C16H19ClN4O. The van der Waals surface area contributed by atoms with E-state index >= 15 is 0 Å². The van der Waals surface area contributed by atoms with E-state index in [1.165, 1.54) is 12.0 Å². The number of rotatable bonds is 4. The molecule has 1 aliphatic heterocycles. The van der Waals surface area contributed by atoms with Gasteiger partial charge in [0.1, 0.15) is 22.9 Å². The fraction of sp³-hybridized carbons (Fsp3) is 0.375. The predicted molar refractivity (Wildman–Crippen MR) is 88.9 cm³/mol. The molecular weight excluding hydrogens is 300 g/mol. The third-order valence-electron chi connectivity index (χ3n) is 3.85. The summed E-state index contributed by atoms with van der Waals surface area (Å²) < 4.78 is 5.31. The van der Waals surface area contributed by atoms with Crippen molar-refractivity contribution in [1.29, 1.82) is 0 Å². The topological polar surface area (TPSA) is 50.3 Å². The Morgan fingerprint density at radius 1 is 1.41 bits per heavy atom. The van der Waals surface area contributed by atoms with E-state index in [2.05, 4.69) is 32.3 Å². The van der Waals surface area contributed by atoms with Crippen molar-refractivity contribution >= 4 is 23.1 Å². The summed E-state index contributed by atoms with van der Waals surface area (Å²) in [5, 5.41) is 3.98. The van der Waals surface area contributed by atoms with Crippen LogP contribution in [0, 0.1) is 0 Å². The van der Waals surface area contributed by atoms with Gasteiger partial charge < -0.3 is 15.0 Å². The van der Waals surface area contributed by atoms with Crippen molar-refractivity contribution in [2.45, 2.75) is 18.9 Å². The van der Waals surface area contributed by atoms with Crippen LogP contribution in [0.1, 0.15) is 12.8 Å². The summed E-state index contributed by atoms with van der Waals surface area (Å²) in [6, 6.07) is 8.48. The Balaban J connectivity index is 1.70. The van der Waals surface area contributed by atoms with Gasteiger partial charge in [-0.05, 0) is 25.0 Å². The molecule has 0 saturated carbocycles. The lowest BCUT2D eigenvalue weighted by Gasteiger charge is -2.35. The molecule has 1 aromatic heterocycles. The monoisotopic (exact) mass is 318 g/mol. The summed E-state index contributed by atoms with van der Waals surface area (Å²) in [5.41, 5.74) is 1.18. The number of benzene rings is 1. The van der Waals surface area contributed by atoms with Crippen LogP contribution in [0.5, 0.6) is 5.75 Å². The standard InChI is InChI=1S/C16H19ClN4O/c1-22-14-6-2-5-13(8-14)21-7-3-4-12(10-21)20-16-15(17)9-18-11-19-16/h2,5-6,8-9,11-12H,3-4,7,10H2,1H3,(H,18,19,20). The first-order valence-corrected chi connectivity index (χ1v) is 7.75. The molecule has 1 N–H and O–H groups in total. The second-order valence-electron chi connectivity index (χ2n) is 5.35. The van der Waals surface area contributed by atoms with Gasteiger partial charge in [0.2, 0.25) is 0 Å². The fourth-order valence-electron chi connectivity index (χ4n) is 2.75. The average molecular weight is 319 g/mol. The molecule has 1 unspecified atom stereocenters. The summed E-state index contributed by atoms with van der Waals surface area (Å²) >= 11 is 6.12. The zero-order chi connectivity index (χ0) is 15.4. The van der Waals surface area contributed by atoms with Gasteiger partial charge in [0, 0.05) is 30.9 Å². The number of hydrogen-bond donors (Lipinski definition) is 1. The summed E-state index contributed by atoms with van der Waals surface area (Å²) in [4.78, 5) is 10.5. The SMILES string of the molecule is COc1cccc(N2CCCC(Nc3ncncc3Cl)C2)c1. The molecule has 5 nitrogen and oxygen atoms in total. The highest BCUT2D eigenvalue weighted by Gasteiger charge is 2.21. The molecule has 22 heavy (non-hydrogen) atoms. The maximum Gasteiger partial charge on any atom is 0.148 e. The summed E-state index contributed by atoms with van der Waals surface area (Å²) in [6.45, 7) is 1.95. The van der Waals surface area contributed by atoms with E-state index in [9.17, 15) is 0 Å². The van der Waals surface area contributed by atoms with Gasteiger partial charge in [-0.25, -0.2) is 9.97 Å². The van der Waals surface area contributed by atoms with E-state index in [0.29, 0.717) is 16.9 Å². The Morgan fingerprint density at radius 3 is 3.14 bits per heavy atom. The van der Waals surface area contributed by atoms with E-state index in [-0.39, 0.29) is 0 Å². The molecule has 1 fully saturated rings. The van der Waals surface area contributed by atoms with Gasteiger partial charge in [-0.2, -0.15) is 0 Å². The number of piperidine rings is 1. The van der Waals surface area contributed by atoms with Crippen molar-refractivity contribution in [1.82, 2.24) is 9.97 Å². The van der Waals surface area contributed by atoms with Gasteiger partial charge in [0.05, 0.1) is 13.3 Å². The Hall–Kier alpha value is -2.01. The Labute approximate surface area is 135 Å². The molecule has 0 bridgehead atoms. The van der Waals surface area contributed by atoms with Gasteiger partial charge in [0.15, 0.2) is 0 Å². The van der Waals surface area contributed by atoms with Gasteiger partial charge in [-0.15, -0.1) is 0 Å². The van der Waals surface area contributed by atoms with Gasteiger partial charge in [-0.3, -0.25) is 0 Å². The van der Waals surface area contributed by atoms with Crippen molar-refractivity contribution in [2.75, 3.05) is 30.4 Å². The number of aromatic nitrogens is 2. The minimum absolute atomic E-state index is 0.312. The highest BCUT2D eigenvalue weighted by Crippen LogP contribution is 2.26. The Kier molecular flexibility index (Phi) is 4.63. The molecule has 2 aromatic rings. The minimum Gasteiger partial charge on any atom is -0.497 e. The smallest absolute Gasteiger partial charge is 0.148 e. The molecule has 1 aromatic carbocycles. The van der Waals surface area contributed by atoms with Gasteiger partial charge in [0.25, 0.3) is 0 Å². The van der Waals surface area contributed by atoms with Crippen molar-refractivity contribution < 1.29 is 4.74 Å². The van der Waals surface area contributed by atoms with E-state index in [1.807, 2.05) is 12.1 Å². The average Bonchev–Trinajstić information content (AvgIpc) is 2.57. The lowest BCUT2D eigenvalue weighted by atomic mass is 10.0. The van der Waals surface area contributed by atoms with Crippen LogP contribution in [0.25, 0.3) is 0 Å². The van der Waals surface area contributed by atoms with Crippen LogP contribution >= 0.6 is 11.6 Å². The predicted octanol–water partition coefficient (Wildman–Crippen LogP) is 3.22. The Morgan fingerprint density at radius 2 is 2.32 bits per heavy atom. The molecule has 0 aliphatic carbocycles. The molecule has 116 valence electrons. The van der Waals surface area contributed by atoms with Crippen LogP contribution < -0.4 is 15.0 Å². The number of methoxy groups -OCH3 is 1. The first-order valence-electron chi connectivity index (χ1n) is 7.37. The summed E-state index contributed by atoms with van der Waals surface area (Å²) in [5.74, 6) is 1.58. The molecule has 1 atom stereocenters. The van der Waals surface area contributed by atoms with Crippen LogP contribution in [0.2, 0.25) is 5.02 Å². The van der Waals surface area contributed by atoms with E-state index in [0.717, 1.165) is 31.7 Å².